The highest BCUT2D eigenvalue weighted by atomic mass is 16.5. The second-order valence-corrected chi connectivity index (χ2v) is 7.36. The molecule has 0 aromatic heterocycles. The van der Waals surface area contributed by atoms with Crippen LogP contribution in [0.1, 0.15) is 32.8 Å². The molecule has 2 rings (SSSR count). The highest BCUT2D eigenvalue weighted by molar-refractivity contribution is 6.08. The van der Waals surface area contributed by atoms with E-state index < -0.39 is 5.91 Å². The lowest BCUT2D eigenvalue weighted by Gasteiger charge is -2.12. The van der Waals surface area contributed by atoms with E-state index in [4.69, 9.17) is 14.2 Å². The van der Waals surface area contributed by atoms with Crippen LogP contribution in [0.25, 0.3) is 6.08 Å². The Morgan fingerprint density at radius 2 is 1.68 bits per heavy atom. The summed E-state index contributed by atoms with van der Waals surface area (Å²) in [6.07, 6.45) is 2.54. The standard InChI is InChI=1S/C24H30N2O5/c1-16(2)12-13-31-20-9-7-19(8-10-20)26-24(28)21(25-17(3)27)14-18-6-11-22(29-4)23(15-18)30-5/h6-11,14-16H,12-13H2,1-5H3,(H,25,27)(H,26,28). The zero-order chi connectivity index (χ0) is 22.8. The molecule has 0 radical (unpaired) electrons. The van der Waals surface area contributed by atoms with Gasteiger partial charge in [-0.2, -0.15) is 0 Å². The Morgan fingerprint density at radius 1 is 1.00 bits per heavy atom. The Labute approximate surface area is 183 Å². The van der Waals surface area contributed by atoms with E-state index in [2.05, 4.69) is 24.5 Å². The maximum absolute atomic E-state index is 12.8. The second-order valence-electron chi connectivity index (χ2n) is 7.36. The number of benzene rings is 2. The number of hydrogen-bond donors (Lipinski definition) is 2. The molecule has 166 valence electrons. The van der Waals surface area contributed by atoms with E-state index in [1.54, 1.807) is 55.7 Å². The maximum atomic E-state index is 12.8. The molecule has 0 saturated carbocycles. The number of hydrogen-bond acceptors (Lipinski definition) is 5. The molecule has 0 spiro atoms. The summed E-state index contributed by atoms with van der Waals surface area (Å²) in [7, 11) is 3.08. The van der Waals surface area contributed by atoms with E-state index >= 15 is 0 Å². The summed E-state index contributed by atoms with van der Waals surface area (Å²) < 4.78 is 16.2. The van der Waals surface area contributed by atoms with E-state index in [9.17, 15) is 9.59 Å². The van der Waals surface area contributed by atoms with E-state index in [0.29, 0.717) is 35.3 Å². The largest absolute Gasteiger partial charge is 0.494 e. The fourth-order valence-corrected chi connectivity index (χ4v) is 2.70. The smallest absolute Gasteiger partial charge is 0.272 e. The minimum Gasteiger partial charge on any atom is -0.494 e. The number of carbonyl (C=O) groups excluding carboxylic acids is 2. The average molecular weight is 427 g/mol. The molecule has 0 aliphatic carbocycles. The van der Waals surface area contributed by atoms with E-state index in [1.165, 1.54) is 14.0 Å². The highest BCUT2D eigenvalue weighted by Crippen LogP contribution is 2.28. The molecule has 0 aliphatic rings. The number of ether oxygens (including phenoxy) is 3. The molecule has 7 heteroatoms. The van der Waals surface area contributed by atoms with E-state index in [1.807, 2.05) is 0 Å². The van der Waals surface area contributed by atoms with Crippen molar-refractivity contribution in [1.29, 1.82) is 0 Å². The third kappa shape index (κ3) is 7.70. The van der Waals surface area contributed by atoms with Gasteiger partial charge in [-0.15, -0.1) is 0 Å². The Balaban J connectivity index is 2.14. The summed E-state index contributed by atoms with van der Waals surface area (Å²) in [5.74, 6) is 1.60. The number of nitrogens with one attached hydrogen (secondary N) is 2. The molecule has 0 heterocycles. The van der Waals surface area contributed by atoms with Gasteiger partial charge in [0, 0.05) is 12.6 Å². The van der Waals surface area contributed by atoms with Crippen LogP contribution in [0.3, 0.4) is 0 Å². The van der Waals surface area contributed by atoms with Crippen molar-refractivity contribution in [3.8, 4) is 17.2 Å². The lowest BCUT2D eigenvalue weighted by molar-refractivity contribution is -0.120. The monoisotopic (exact) mass is 426 g/mol. The molecule has 0 saturated heterocycles. The minimum atomic E-state index is -0.446. The van der Waals surface area contributed by atoms with Crippen LogP contribution in [-0.4, -0.2) is 32.6 Å². The molecular formula is C24H30N2O5. The topological polar surface area (TPSA) is 85.9 Å². The van der Waals surface area contributed by atoms with Gasteiger partial charge in [-0.05, 0) is 60.4 Å². The fourth-order valence-electron chi connectivity index (χ4n) is 2.70. The molecule has 7 nitrogen and oxygen atoms in total. The summed E-state index contributed by atoms with van der Waals surface area (Å²) in [6.45, 7) is 6.28. The third-order valence-electron chi connectivity index (χ3n) is 4.35. The molecular weight excluding hydrogens is 396 g/mol. The first kappa shape index (κ1) is 23.8. The maximum Gasteiger partial charge on any atom is 0.272 e. The van der Waals surface area contributed by atoms with Gasteiger partial charge in [0.2, 0.25) is 5.91 Å². The number of rotatable bonds is 10. The molecule has 2 aromatic rings. The molecule has 0 atom stereocenters. The van der Waals surface area contributed by atoms with Gasteiger partial charge in [0.25, 0.3) is 5.91 Å². The van der Waals surface area contributed by atoms with Gasteiger partial charge in [0.15, 0.2) is 11.5 Å². The van der Waals surface area contributed by atoms with E-state index in [-0.39, 0.29) is 11.6 Å². The first-order chi connectivity index (χ1) is 14.8. The molecule has 31 heavy (non-hydrogen) atoms. The van der Waals surface area contributed by atoms with Gasteiger partial charge in [-0.3, -0.25) is 9.59 Å². The Hall–Kier alpha value is -3.48. The predicted octanol–water partition coefficient (Wildman–Crippen LogP) is 4.24. The van der Waals surface area contributed by atoms with Crippen molar-refractivity contribution in [2.75, 3.05) is 26.1 Å². The molecule has 0 fully saturated rings. The van der Waals surface area contributed by atoms with Crippen molar-refractivity contribution in [3.05, 3.63) is 53.7 Å². The molecule has 0 bridgehead atoms. The first-order valence-corrected chi connectivity index (χ1v) is 10.1. The van der Waals surface area contributed by atoms with Crippen LogP contribution in [0.15, 0.2) is 48.2 Å². The van der Waals surface area contributed by atoms with Gasteiger partial charge in [-0.1, -0.05) is 19.9 Å². The summed E-state index contributed by atoms with van der Waals surface area (Å²) in [6, 6.07) is 12.3. The van der Waals surface area contributed by atoms with Crippen molar-refractivity contribution in [2.45, 2.75) is 27.2 Å². The van der Waals surface area contributed by atoms with Gasteiger partial charge in [0.05, 0.1) is 20.8 Å². The Kier molecular flexibility index (Phi) is 8.94. The lowest BCUT2D eigenvalue weighted by Crippen LogP contribution is -2.28. The van der Waals surface area contributed by atoms with Crippen LogP contribution in [-0.2, 0) is 9.59 Å². The minimum absolute atomic E-state index is 0.108. The van der Waals surface area contributed by atoms with Crippen molar-refractivity contribution in [3.63, 3.8) is 0 Å². The number of carbonyl (C=O) groups is 2. The van der Waals surface area contributed by atoms with Crippen molar-refractivity contribution < 1.29 is 23.8 Å². The molecule has 2 N–H and O–H groups in total. The molecule has 0 aliphatic heterocycles. The Morgan fingerprint density at radius 3 is 2.26 bits per heavy atom. The van der Waals surface area contributed by atoms with Gasteiger partial charge in [-0.25, -0.2) is 0 Å². The molecule has 2 amide bonds. The number of methoxy groups -OCH3 is 2. The summed E-state index contributed by atoms with van der Waals surface area (Å²) in [4.78, 5) is 24.4. The van der Waals surface area contributed by atoms with Crippen LogP contribution in [0.4, 0.5) is 5.69 Å². The second kappa shape index (κ2) is 11.6. The highest BCUT2D eigenvalue weighted by Gasteiger charge is 2.13. The van der Waals surface area contributed by atoms with Crippen LogP contribution >= 0.6 is 0 Å². The van der Waals surface area contributed by atoms with Gasteiger partial charge < -0.3 is 24.8 Å². The summed E-state index contributed by atoms with van der Waals surface area (Å²) >= 11 is 0. The van der Waals surface area contributed by atoms with Crippen LogP contribution in [0, 0.1) is 5.92 Å². The van der Waals surface area contributed by atoms with Crippen LogP contribution < -0.4 is 24.8 Å². The summed E-state index contributed by atoms with van der Waals surface area (Å²) in [5.41, 5.74) is 1.37. The zero-order valence-electron chi connectivity index (χ0n) is 18.7. The first-order valence-electron chi connectivity index (χ1n) is 10.1. The Bertz CT molecular complexity index is 920. The number of anilines is 1. The van der Waals surface area contributed by atoms with Crippen LogP contribution in [0.2, 0.25) is 0 Å². The zero-order valence-corrected chi connectivity index (χ0v) is 18.7. The SMILES string of the molecule is COc1ccc(C=C(NC(C)=O)C(=O)Nc2ccc(OCCC(C)C)cc2)cc1OC. The quantitative estimate of drug-likeness (QED) is 0.555. The third-order valence-corrected chi connectivity index (χ3v) is 4.35. The number of amides is 2. The normalized spacial score (nSPS) is 11.1. The van der Waals surface area contributed by atoms with Gasteiger partial charge >= 0.3 is 0 Å². The molecule has 2 aromatic carbocycles. The van der Waals surface area contributed by atoms with Crippen molar-refractivity contribution in [2.24, 2.45) is 5.92 Å². The summed E-state index contributed by atoms with van der Waals surface area (Å²) in [5, 5.41) is 5.36. The average Bonchev–Trinajstić information content (AvgIpc) is 2.73. The van der Waals surface area contributed by atoms with E-state index in [0.717, 1.165) is 12.2 Å². The predicted molar refractivity (Wildman–Crippen MR) is 121 cm³/mol. The fraction of sp³-hybridized carbons (Fsp3) is 0.333. The molecule has 0 unspecified atom stereocenters. The van der Waals surface area contributed by atoms with Crippen molar-refractivity contribution >= 4 is 23.6 Å². The van der Waals surface area contributed by atoms with Crippen molar-refractivity contribution in [1.82, 2.24) is 5.32 Å². The van der Waals surface area contributed by atoms with Gasteiger partial charge in [0.1, 0.15) is 11.4 Å². The lowest BCUT2D eigenvalue weighted by atomic mass is 10.1. The van der Waals surface area contributed by atoms with Crippen LogP contribution in [0.5, 0.6) is 17.2 Å².